The quantitative estimate of drug-likeness (QED) is 0.836. The number of nitrogens with one attached hydrogen (secondary N) is 1. The van der Waals surface area contributed by atoms with E-state index in [1.165, 1.54) is 5.69 Å². The fourth-order valence-electron chi connectivity index (χ4n) is 2.43. The fraction of sp³-hybridized carbons (Fsp3) is 0.333. The van der Waals surface area contributed by atoms with Gasteiger partial charge in [-0.05, 0) is 51.1 Å². The van der Waals surface area contributed by atoms with Crippen LogP contribution in [0.1, 0.15) is 25.0 Å². The zero-order valence-corrected chi connectivity index (χ0v) is 13.1. The molecule has 0 unspecified atom stereocenters. The van der Waals surface area contributed by atoms with E-state index in [0.29, 0.717) is 12.3 Å². The van der Waals surface area contributed by atoms with Gasteiger partial charge in [0.25, 0.3) is 0 Å². The first-order valence-electron chi connectivity index (χ1n) is 7.51. The Morgan fingerprint density at radius 3 is 2.29 bits per heavy atom. The summed E-state index contributed by atoms with van der Waals surface area (Å²) in [6.07, 6.45) is 0. The molecule has 2 N–H and O–H groups in total. The minimum Gasteiger partial charge on any atom is -0.508 e. The minimum absolute atomic E-state index is 0.341. The van der Waals surface area contributed by atoms with Crippen molar-refractivity contribution >= 4 is 11.4 Å². The lowest BCUT2D eigenvalue weighted by Gasteiger charge is -2.21. The number of rotatable bonds is 6. The van der Waals surface area contributed by atoms with Crippen LogP contribution in [0.4, 0.5) is 11.4 Å². The lowest BCUT2D eigenvalue weighted by molar-refractivity contribution is 0.469. The average molecular weight is 284 g/mol. The third-order valence-electron chi connectivity index (χ3n) is 3.71. The van der Waals surface area contributed by atoms with Gasteiger partial charge in [0.1, 0.15) is 5.75 Å². The second-order valence-corrected chi connectivity index (χ2v) is 5.20. The van der Waals surface area contributed by atoms with Gasteiger partial charge in [-0.15, -0.1) is 0 Å². The van der Waals surface area contributed by atoms with Gasteiger partial charge in [0.2, 0.25) is 0 Å². The summed E-state index contributed by atoms with van der Waals surface area (Å²) in [4.78, 5) is 2.32. The highest BCUT2D eigenvalue weighted by Crippen LogP contribution is 2.21. The van der Waals surface area contributed by atoms with Crippen LogP contribution in [0, 0.1) is 6.92 Å². The van der Waals surface area contributed by atoms with Crippen LogP contribution in [-0.4, -0.2) is 18.2 Å². The molecule has 0 aliphatic rings. The smallest absolute Gasteiger partial charge is 0.120 e. The maximum atomic E-state index is 9.85. The number of aryl methyl sites for hydroxylation is 1. The van der Waals surface area contributed by atoms with Gasteiger partial charge in [-0.1, -0.05) is 17.7 Å². The molecule has 0 atom stereocenters. The van der Waals surface area contributed by atoms with E-state index in [0.717, 1.165) is 29.9 Å². The second-order valence-electron chi connectivity index (χ2n) is 5.20. The Bertz CT molecular complexity index is 574. The molecule has 0 fully saturated rings. The van der Waals surface area contributed by atoms with Crippen LogP contribution in [0.5, 0.6) is 5.75 Å². The number of hydrogen-bond acceptors (Lipinski definition) is 3. The van der Waals surface area contributed by atoms with Crippen molar-refractivity contribution in [2.75, 3.05) is 23.3 Å². The largest absolute Gasteiger partial charge is 0.508 e. The normalized spacial score (nSPS) is 10.4. The number of anilines is 2. The Balaban J connectivity index is 2.02. The van der Waals surface area contributed by atoms with E-state index in [1.807, 2.05) is 19.1 Å². The van der Waals surface area contributed by atoms with E-state index < -0.39 is 0 Å². The highest BCUT2D eigenvalue weighted by molar-refractivity contribution is 5.55. The van der Waals surface area contributed by atoms with Crippen molar-refractivity contribution in [2.24, 2.45) is 0 Å². The van der Waals surface area contributed by atoms with Gasteiger partial charge in [0, 0.05) is 36.6 Å². The summed E-state index contributed by atoms with van der Waals surface area (Å²) in [6.45, 7) is 9.01. The maximum absolute atomic E-state index is 9.85. The molecule has 0 saturated carbocycles. The van der Waals surface area contributed by atoms with Gasteiger partial charge in [-0.25, -0.2) is 0 Å². The molecule has 0 saturated heterocycles. The van der Waals surface area contributed by atoms with Crippen molar-refractivity contribution in [3.63, 3.8) is 0 Å². The molecule has 3 heteroatoms. The molecule has 0 amide bonds. The summed E-state index contributed by atoms with van der Waals surface area (Å²) in [6, 6.07) is 14.1. The maximum Gasteiger partial charge on any atom is 0.120 e. The van der Waals surface area contributed by atoms with Crippen LogP contribution >= 0.6 is 0 Å². The predicted molar refractivity (Wildman–Crippen MR) is 90.2 cm³/mol. The van der Waals surface area contributed by atoms with Crippen LogP contribution in [0.2, 0.25) is 0 Å². The monoisotopic (exact) mass is 284 g/mol. The van der Waals surface area contributed by atoms with Gasteiger partial charge in [0.05, 0.1) is 0 Å². The molecule has 0 aliphatic heterocycles. The zero-order chi connectivity index (χ0) is 15.2. The lowest BCUT2D eigenvalue weighted by atomic mass is 10.1. The molecule has 112 valence electrons. The Morgan fingerprint density at radius 2 is 1.67 bits per heavy atom. The topological polar surface area (TPSA) is 35.5 Å². The van der Waals surface area contributed by atoms with Crippen molar-refractivity contribution in [3.05, 3.63) is 53.6 Å². The van der Waals surface area contributed by atoms with E-state index in [1.54, 1.807) is 6.07 Å². The van der Waals surface area contributed by atoms with Crippen LogP contribution in [0.3, 0.4) is 0 Å². The molecule has 0 spiro atoms. The van der Waals surface area contributed by atoms with Gasteiger partial charge in [0.15, 0.2) is 0 Å². The number of hydrogen-bond donors (Lipinski definition) is 2. The van der Waals surface area contributed by atoms with Crippen molar-refractivity contribution in [1.29, 1.82) is 0 Å². The van der Waals surface area contributed by atoms with Crippen LogP contribution in [-0.2, 0) is 6.54 Å². The summed E-state index contributed by atoms with van der Waals surface area (Å²) >= 11 is 0. The van der Waals surface area contributed by atoms with Crippen LogP contribution in [0.25, 0.3) is 0 Å². The summed E-state index contributed by atoms with van der Waals surface area (Å²) in [5.41, 5.74) is 4.38. The first kappa shape index (κ1) is 15.2. The molecule has 0 heterocycles. The summed E-state index contributed by atoms with van der Waals surface area (Å²) in [7, 11) is 0. The molecule has 0 aromatic heterocycles. The third-order valence-corrected chi connectivity index (χ3v) is 3.71. The van der Waals surface area contributed by atoms with Crippen molar-refractivity contribution in [3.8, 4) is 5.75 Å². The Labute approximate surface area is 127 Å². The molecule has 3 nitrogen and oxygen atoms in total. The molecular weight excluding hydrogens is 260 g/mol. The van der Waals surface area contributed by atoms with E-state index >= 15 is 0 Å². The van der Waals surface area contributed by atoms with Gasteiger partial charge >= 0.3 is 0 Å². The SMILES string of the molecule is CCN(CC)c1ccc(NCc2cc(C)ccc2O)cc1. The van der Waals surface area contributed by atoms with E-state index in [2.05, 4.69) is 48.3 Å². The summed E-state index contributed by atoms with van der Waals surface area (Å²) in [5, 5.41) is 13.2. The third kappa shape index (κ3) is 3.91. The molecular formula is C18H24N2O. The van der Waals surface area contributed by atoms with Crippen molar-refractivity contribution < 1.29 is 5.11 Å². The summed E-state index contributed by atoms with van der Waals surface area (Å²) in [5.74, 6) is 0.341. The minimum atomic E-state index is 0.341. The van der Waals surface area contributed by atoms with Crippen LogP contribution < -0.4 is 10.2 Å². The molecule has 21 heavy (non-hydrogen) atoms. The van der Waals surface area contributed by atoms with E-state index in [-0.39, 0.29) is 0 Å². The first-order valence-corrected chi connectivity index (χ1v) is 7.51. The number of aromatic hydroxyl groups is 1. The van der Waals surface area contributed by atoms with Crippen LogP contribution in [0.15, 0.2) is 42.5 Å². The second kappa shape index (κ2) is 7.02. The number of phenols is 1. The Kier molecular flexibility index (Phi) is 5.09. The lowest BCUT2D eigenvalue weighted by Crippen LogP contribution is -2.21. The Morgan fingerprint density at radius 1 is 1.00 bits per heavy atom. The molecule has 0 radical (unpaired) electrons. The average Bonchev–Trinajstić information content (AvgIpc) is 2.51. The number of phenolic OH excluding ortho intramolecular Hbond substituents is 1. The Hall–Kier alpha value is -2.16. The number of benzene rings is 2. The predicted octanol–water partition coefficient (Wildman–Crippen LogP) is 4.16. The number of nitrogens with zero attached hydrogens (tertiary/aromatic N) is 1. The van der Waals surface area contributed by atoms with Gasteiger partial charge in [-0.2, -0.15) is 0 Å². The summed E-state index contributed by atoms with van der Waals surface area (Å²) < 4.78 is 0. The van der Waals surface area contributed by atoms with E-state index in [9.17, 15) is 5.11 Å². The fourth-order valence-corrected chi connectivity index (χ4v) is 2.43. The first-order chi connectivity index (χ1) is 10.1. The molecule has 2 rings (SSSR count). The molecule has 2 aromatic carbocycles. The standard InChI is InChI=1S/C18H24N2O/c1-4-20(5-2)17-9-7-16(8-10-17)19-13-15-12-14(3)6-11-18(15)21/h6-12,19,21H,4-5,13H2,1-3H3. The van der Waals surface area contributed by atoms with Crippen molar-refractivity contribution in [2.45, 2.75) is 27.3 Å². The van der Waals surface area contributed by atoms with Gasteiger partial charge in [-0.3, -0.25) is 0 Å². The van der Waals surface area contributed by atoms with Gasteiger partial charge < -0.3 is 15.3 Å². The zero-order valence-electron chi connectivity index (χ0n) is 13.1. The molecule has 0 aliphatic carbocycles. The highest BCUT2D eigenvalue weighted by Gasteiger charge is 2.03. The molecule has 2 aromatic rings. The van der Waals surface area contributed by atoms with E-state index in [4.69, 9.17) is 0 Å². The highest BCUT2D eigenvalue weighted by atomic mass is 16.3. The van der Waals surface area contributed by atoms with Crippen molar-refractivity contribution in [1.82, 2.24) is 0 Å². The molecule has 0 bridgehead atoms.